The first kappa shape index (κ1) is 21.5. The Morgan fingerprint density at radius 3 is 2.32 bits per heavy atom. The van der Waals surface area contributed by atoms with Crippen LogP contribution in [0.2, 0.25) is 0 Å². The Kier molecular flexibility index (Phi) is 6.66. The van der Waals surface area contributed by atoms with E-state index < -0.39 is 0 Å². The van der Waals surface area contributed by atoms with Crippen LogP contribution in [0.3, 0.4) is 0 Å². The van der Waals surface area contributed by atoms with E-state index in [0.717, 1.165) is 29.7 Å². The molecule has 2 aromatic carbocycles. The van der Waals surface area contributed by atoms with E-state index in [1.165, 1.54) is 30.8 Å². The van der Waals surface area contributed by atoms with Gasteiger partial charge in [-0.25, -0.2) is 0 Å². The van der Waals surface area contributed by atoms with Gasteiger partial charge in [0.1, 0.15) is 0 Å². The van der Waals surface area contributed by atoms with Crippen LogP contribution in [-0.4, -0.2) is 55.3 Å². The van der Waals surface area contributed by atoms with Crippen molar-refractivity contribution >= 4 is 28.5 Å². The van der Waals surface area contributed by atoms with Gasteiger partial charge in [-0.2, -0.15) is 0 Å². The zero-order valence-corrected chi connectivity index (χ0v) is 18.3. The summed E-state index contributed by atoms with van der Waals surface area (Å²) in [5.41, 5.74) is 1.12. The molecule has 6 nitrogen and oxygen atoms in total. The van der Waals surface area contributed by atoms with E-state index in [0.29, 0.717) is 30.5 Å². The van der Waals surface area contributed by atoms with Crippen LogP contribution in [0, 0.1) is 5.92 Å². The van der Waals surface area contributed by atoms with Crippen molar-refractivity contribution in [2.24, 2.45) is 5.92 Å². The molecular formula is C25H32N3O3+. The minimum absolute atomic E-state index is 0.0123. The molecular weight excluding hydrogens is 390 g/mol. The van der Waals surface area contributed by atoms with Gasteiger partial charge >= 0.3 is 0 Å². The van der Waals surface area contributed by atoms with E-state index in [2.05, 4.69) is 12.2 Å². The van der Waals surface area contributed by atoms with Crippen molar-refractivity contribution in [3.05, 3.63) is 47.5 Å². The van der Waals surface area contributed by atoms with Gasteiger partial charge in [0, 0.05) is 42.4 Å². The van der Waals surface area contributed by atoms with Crippen LogP contribution in [0.5, 0.6) is 0 Å². The van der Waals surface area contributed by atoms with E-state index in [9.17, 15) is 14.4 Å². The third-order valence-electron chi connectivity index (χ3n) is 6.65. The van der Waals surface area contributed by atoms with Crippen molar-refractivity contribution < 1.29 is 19.3 Å². The first-order valence-corrected chi connectivity index (χ1v) is 11.5. The van der Waals surface area contributed by atoms with Gasteiger partial charge in [0.05, 0.1) is 19.6 Å². The number of piperidine rings is 1. The summed E-state index contributed by atoms with van der Waals surface area (Å²) in [5.74, 6) is 0.298. The number of nitrogens with zero attached hydrogens (tertiary/aromatic N) is 1. The number of benzene rings is 2. The minimum atomic E-state index is -0.270. The molecule has 0 saturated carbocycles. The molecule has 0 unspecified atom stereocenters. The number of amides is 3. The molecule has 1 fully saturated rings. The summed E-state index contributed by atoms with van der Waals surface area (Å²) in [7, 11) is 0. The van der Waals surface area contributed by atoms with Crippen LogP contribution in [-0.2, 0) is 4.79 Å². The molecule has 164 valence electrons. The molecule has 6 heteroatoms. The quantitative estimate of drug-likeness (QED) is 0.505. The average molecular weight is 423 g/mol. The molecule has 3 amide bonds. The second-order valence-corrected chi connectivity index (χ2v) is 8.96. The SMILES string of the molecule is CC1CC[NH+](CCCNC(=O)CCCN2C(=O)c3cccc4cccc(c34)C2=O)CC1. The van der Waals surface area contributed by atoms with Gasteiger partial charge < -0.3 is 10.2 Å². The molecule has 0 atom stereocenters. The fourth-order valence-corrected chi connectivity index (χ4v) is 4.76. The predicted octanol–water partition coefficient (Wildman–Crippen LogP) is 2.04. The van der Waals surface area contributed by atoms with Gasteiger partial charge in [-0.05, 0) is 42.7 Å². The first-order valence-electron chi connectivity index (χ1n) is 11.5. The fraction of sp³-hybridized carbons (Fsp3) is 0.480. The molecule has 2 aromatic rings. The Bertz CT molecular complexity index is 928. The predicted molar refractivity (Wildman–Crippen MR) is 120 cm³/mol. The maximum Gasteiger partial charge on any atom is 0.261 e. The lowest BCUT2D eigenvalue weighted by Crippen LogP contribution is -3.13. The van der Waals surface area contributed by atoms with E-state index in [1.807, 2.05) is 24.3 Å². The minimum Gasteiger partial charge on any atom is -0.356 e. The van der Waals surface area contributed by atoms with E-state index in [1.54, 1.807) is 17.0 Å². The second kappa shape index (κ2) is 9.60. The summed E-state index contributed by atoms with van der Waals surface area (Å²) in [6, 6.07) is 11.0. The van der Waals surface area contributed by atoms with Crippen molar-refractivity contribution in [3.8, 4) is 0 Å². The Morgan fingerprint density at radius 2 is 1.68 bits per heavy atom. The normalized spacial score (nSPS) is 20.9. The van der Waals surface area contributed by atoms with Crippen molar-refractivity contribution in [2.45, 2.75) is 39.0 Å². The number of carbonyl (C=O) groups excluding carboxylic acids is 3. The molecule has 0 bridgehead atoms. The van der Waals surface area contributed by atoms with Crippen molar-refractivity contribution in [2.75, 3.05) is 32.7 Å². The summed E-state index contributed by atoms with van der Waals surface area (Å²) in [4.78, 5) is 40.9. The number of quaternary nitrogens is 1. The van der Waals surface area contributed by atoms with E-state index in [4.69, 9.17) is 0 Å². The number of nitrogens with one attached hydrogen (secondary N) is 2. The van der Waals surface area contributed by atoms with Crippen LogP contribution in [0.1, 0.15) is 59.7 Å². The van der Waals surface area contributed by atoms with E-state index in [-0.39, 0.29) is 24.3 Å². The molecule has 0 radical (unpaired) electrons. The Hall–Kier alpha value is -2.73. The Labute approximate surface area is 183 Å². The maximum absolute atomic E-state index is 12.9. The van der Waals surface area contributed by atoms with Gasteiger partial charge in [-0.15, -0.1) is 0 Å². The highest BCUT2D eigenvalue weighted by atomic mass is 16.2. The summed E-state index contributed by atoms with van der Waals surface area (Å²) in [5, 5.41) is 4.62. The molecule has 4 rings (SSSR count). The van der Waals surface area contributed by atoms with Gasteiger partial charge in [0.2, 0.25) is 5.91 Å². The monoisotopic (exact) mass is 422 g/mol. The molecule has 31 heavy (non-hydrogen) atoms. The molecule has 2 aliphatic rings. The smallest absolute Gasteiger partial charge is 0.261 e. The number of carbonyl (C=O) groups is 3. The zero-order chi connectivity index (χ0) is 21.8. The highest BCUT2D eigenvalue weighted by molar-refractivity contribution is 6.25. The molecule has 2 aliphatic heterocycles. The number of hydrogen-bond donors (Lipinski definition) is 2. The van der Waals surface area contributed by atoms with E-state index >= 15 is 0 Å². The summed E-state index contributed by atoms with van der Waals surface area (Å²) in [6.07, 6.45) is 4.37. The largest absolute Gasteiger partial charge is 0.356 e. The third-order valence-corrected chi connectivity index (χ3v) is 6.65. The van der Waals surface area contributed by atoms with Crippen LogP contribution in [0.4, 0.5) is 0 Å². The van der Waals surface area contributed by atoms with Crippen molar-refractivity contribution in [1.82, 2.24) is 10.2 Å². The standard InChI is InChI=1S/C25H31N3O3/c1-18-11-16-27(17-12-18)14-5-13-26-22(29)10-4-15-28-24(30)20-8-2-6-19-7-3-9-21(23(19)20)25(28)31/h2-3,6-9,18H,4-5,10-17H2,1H3,(H,26,29)/p+1. The number of rotatable bonds is 8. The van der Waals surface area contributed by atoms with Crippen molar-refractivity contribution in [1.29, 1.82) is 0 Å². The number of imide groups is 1. The molecule has 2 N–H and O–H groups in total. The first-order chi connectivity index (χ1) is 15.0. The lowest BCUT2D eigenvalue weighted by molar-refractivity contribution is -0.906. The molecule has 1 saturated heterocycles. The molecule has 0 spiro atoms. The zero-order valence-electron chi connectivity index (χ0n) is 18.3. The van der Waals surface area contributed by atoms with Crippen LogP contribution in [0.15, 0.2) is 36.4 Å². The Balaban J connectivity index is 1.22. The second-order valence-electron chi connectivity index (χ2n) is 8.96. The lowest BCUT2D eigenvalue weighted by atomic mass is 9.94. The van der Waals surface area contributed by atoms with Gasteiger partial charge in [-0.3, -0.25) is 19.3 Å². The molecule has 2 heterocycles. The Morgan fingerprint density at radius 1 is 1.03 bits per heavy atom. The van der Waals surface area contributed by atoms with Crippen LogP contribution >= 0.6 is 0 Å². The summed E-state index contributed by atoms with van der Waals surface area (Å²) < 4.78 is 0. The highest BCUT2D eigenvalue weighted by Crippen LogP contribution is 2.30. The highest BCUT2D eigenvalue weighted by Gasteiger charge is 2.32. The lowest BCUT2D eigenvalue weighted by Gasteiger charge is -2.27. The third kappa shape index (κ3) is 4.79. The van der Waals surface area contributed by atoms with Gasteiger partial charge in [-0.1, -0.05) is 31.2 Å². The topological polar surface area (TPSA) is 70.9 Å². The average Bonchev–Trinajstić information content (AvgIpc) is 2.78. The molecule has 0 aromatic heterocycles. The van der Waals surface area contributed by atoms with Crippen molar-refractivity contribution in [3.63, 3.8) is 0 Å². The fourth-order valence-electron chi connectivity index (χ4n) is 4.76. The van der Waals surface area contributed by atoms with Crippen LogP contribution < -0.4 is 10.2 Å². The maximum atomic E-state index is 12.9. The summed E-state index contributed by atoms with van der Waals surface area (Å²) >= 11 is 0. The van der Waals surface area contributed by atoms with Crippen LogP contribution in [0.25, 0.3) is 10.8 Å². The number of likely N-dealkylation sites (tertiary alicyclic amines) is 1. The number of hydrogen-bond acceptors (Lipinski definition) is 3. The molecule has 0 aliphatic carbocycles. The van der Waals surface area contributed by atoms with Gasteiger partial charge in [0.25, 0.3) is 11.8 Å². The summed E-state index contributed by atoms with van der Waals surface area (Å²) in [6.45, 7) is 6.85. The van der Waals surface area contributed by atoms with Gasteiger partial charge in [0.15, 0.2) is 0 Å².